The van der Waals surface area contributed by atoms with Gasteiger partial charge >= 0.3 is 0 Å². The summed E-state index contributed by atoms with van der Waals surface area (Å²) < 4.78 is 5.09. The quantitative estimate of drug-likeness (QED) is 0.810. The van der Waals surface area contributed by atoms with Gasteiger partial charge in [-0.2, -0.15) is 0 Å². The van der Waals surface area contributed by atoms with E-state index in [2.05, 4.69) is 71.5 Å². The third kappa shape index (κ3) is 3.97. The van der Waals surface area contributed by atoms with Crippen molar-refractivity contribution >= 4 is 5.91 Å². The summed E-state index contributed by atoms with van der Waals surface area (Å²) in [6, 6.07) is 22.0. The van der Waals surface area contributed by atoms with Crippen molar-refractivity contribution in [3.8, 4) is 0 Å². The summed E-state index contributed by atoms with van der Waals surface area (Å²) in [4.78, 5) is 14.6. The second kappa shape index (κ2) is 8.86. The number of nitrogens with zero attached hydrogens (tertiary/aromatic N) is 1. The Morgan fingerprint density at radius 3 is 2.32 bits per heavy atom. The molecule has 0 radical (unpaired) electrons. The molecular formula is C23H29N3O2. The number of nitrogens with one attached hydrogen (secondary N) is 2. The van der Waals surface area contributed by atoms with Crippen LogP contribution in [0.4, 0.5) is 0 Å². The van der Waals surface area contributed by atoms with E-state index in [4.69, 9.17) is 4.74 Å². The van der Waals surface area contributed by atoms with Gasteiger partial charge in [-0.05, 0) is 17.5 Å². The summed E-state index contributed by atoms with van der Waals surface area (Å²) in [6.45, 7) is 2.08. The first-order chi connectivity index (χ1) is 13.8. The van der Waals surface area contributed by atoms with E-state index < -0.39 is 0 Å². The number of carbonyl (C=O) groups excluding carboxylic acids is 1. The van der Waals surface area contributed by atoms with Gasteiger partial charge in [0.25, 0.3) is 0 Å². The van der Waals surface area contributed by atoms with Crippen molar-refractivity contribution in [2.75, 3.05) is 26.8 Å². The lowest BCUT2D eigenvalue weighted by Crippen LogP contribution is -2.49. The number of piperidine rings is 1. The molecule has 2 N–H and O–H groups in total. The molecule has 2 heterocycles. The van der Waals surface area contributed by atoms with Crippen molar-refractivity contribution in [2.24, 2.45) is 5.92 Å². The molecule has 2 saturated heterocycles. The number of likely N-dealkylation sites (tertiary alicyclic amines) is 1. The van der Waals surface area contributed by atoms with Crippen molar-refractivity contribution in [2.45, 2.75) is 30.8 Å². The van der Waals surface area contributed by atoms with E-state index in [0.717, 1.165) is 19.5 Å². The number of ether oxygens (including phenoxy) is 1. The maximum Gasteiger partial charge on any atom is 0.224 e. The van der Waals surface area contributed by atoms with Crippen LogP contribution in [0.15, 0.2) is 60.7 Å². The lowest BCUT2D eigenvalue weighted by Gasteiger charge is -2.38. The summed E-state index contributed by atoms with van der Waals surface area (Å²) in [6.07, 6.45) is 1.43. The Bertz CT molecular complexity index is 728. The predicted octanol–water partition coefficient (Wildman–Crippen LogP) is 2.55. The fraction of sp³-hybridized carbons (Fsp3) is 0.435. The zero-order chi connectivity index (χ0) is 19.3. The Morgan fingerprint density at radius 1 is 1.07 bits per heavy atom. The molecule has 4 rings (SSSR count). The number of methoxy groups -OCH3 is 1. The summed E-state index contributed by atoms with van der Waals surface area (Å²) in [7, 11) is 1.64. The van der Waals surface area contributed by atoms with Crippen molar-refractivity contribution in [1.29, 1.82) is 0 Å². The molecule has 28 heavy (non-hydrogen) atoms. The second-order valence-electron chi connectivity index (χ2n) is 7.76. The molecule has 3 unspecified atom stereocenters. The topological polar surface area (TPSA) is 53.6 Å². The third-order valence-electron chi connectivity index (χ3n) is 6.10. The fourth-order valence-corrected chi connectivity index (χ4v) is 4.67. The highest BCUT2D eigenvalue weighted by Gasteiger charge is 2.44. The largest absolute Gasteiger partial charge is 0.384 e. The molecular weight excluding hydrogens is 350 g/mol. The summed E-state index contributed by atoms with van der Waals surface area (Å²) in [5.41, 5.74) is 9.71. The van der Waals surface area contributed by atoms with Crippen molar-refractivity contribution in [1.82, 2.24) is 15.8 Å². The average molecular weight is 380 g/mol. The molecule has 5 nitrogen and oxygen atoms in total. The molecule has 0 saturated carbocycles. The Labute approximate surface area is 167 Å². The van der Waals surface area contributed by atoms with E-state index in [-0.39, 0.29) is 17.9 Å². The first-order valence-corrected chi connectivity index (χ1v) is 10.2. The smallest absolute Gasteiger partial charge is 0.224 e. The molecule has 1 amide bonds. The summed E-state index contributed by atoms with van der Waals surface area (Å²) in [5, 5.41) is 0. The number of hydrazine groups is 1. The van der Waals surface area contributed by atoms with Gasteiger partial charge in [-0.15, -0.1) is 0 Å². The van der Waals surface area contributed by atoms with Crippen LogP contribution in [0.3, 0.4) is 0 Å². The first-order valence-electron chi connectivity index (χ1n) is 10.2. The number of fused-ring (bicyclic) bond motifs is 1. The predicted molar refractivity (Wildman–Crippen MR) is 110 cm³/mol. The van der Waals surface area contributed by atoms with Crippen LogP contribution in [0.5, 0.6) is 0 Å². The highest BCUT2D eigenvalue weighted by molar-refractivity contribution is 5.76. The molecule has 0 aromatic heterocycles. The molecule has 2 aliphatic rings. The lowest BCUT2D eigenvalue weighted by molar-refractivity contribution is -0.134. The molecule has 0 aliphatic carbocycles. The second-order valence-corrected chi connectivity index (χ2v) is 7.76. The molecule has 2 fully saturated rings. The SMILES string of the molecule is COCCC(=O)N1CCC2NNC(C(c3ccccc3)c3ccccc3)C2C1. The van der Waals surface area contributed by atoms with Gasteiger partial charge < -0.3 is 9.64 Å². The van der Waals surface area contributed by atoms with Crippen LogP contribution in [0.25, 0.3) is 0 Å². The Kier molecular flexibility index (Phi) is 6.05. The normalized spacial score (nSPS) is 24.4. The van der Waals surface area contributed by atoms with Gasteiger partial charge in [-0.1, -0.05) is 60.7 Å². The molecule has 148 valence electrons. The number of amides is 1. The first kappa shape index (κ1) is 19.1. The minimum absolute atomic E-state index is 0.196. The number of hydrogen-bond donors (Lipinski definition) is 2. The van der Waals surface area contributed by atoms with Gasteiger partial charge in [0, 0.05) is 44.1 Å². The fourth-order valence-electron chi connectivity index (χ4n) is 4.67. The van der Waals surface area contributed by atoms with Crippen molar-refractivity contribution in [3.63, 3.8) is 0 Å². The van der Waals surface area contributed by atoms with E-state index in [0.29, 0.717) is 25.0 Å². The van der Waals surface area contributed by atoms with Gasteiger partial charge in [0.15, 0.2) is 0 Å². The minimum Gasteiger partial charge on any atom is -0.384 e. The number of benzene rings is 2. The summed E-state index contributed by atoms with van der Waals surface area (Å²) >= 11 is 0. The van der Waals surface area contributed by atoms with Crippen LogP contribution >= 0.6 is 0 Å². The van der Waals surface area contributed by atoms with Crippen molar-refractivity contribution in [3.05, 3.63) is 71.8 Å². The van der Waals surface area contributed by atoms with Crippen LogP contribution in [0, 0.1) is 5.92 Å². The molecule has 5 heteroatoms. The van der Waals surface area contributed by atoms with Crippen LogP contribution < -0.4 is 10.9 Å². The van der Waals surface area contributed by atoms with Gasteiger partial charge in [-0.3, -0.25) is 15.6 Å². The Hall–Kier alpha value is -2.21. The molecule has 0 bridgehead atoms. The molecule has 0 spiro atoms. The zero-order valence-corrected chi connectivity index (χ0v) is 16.4. The summed E-state index contributed by atoms with van der Waals surface area (Å²) in [5.74, 6) is 0.798. The van der Waals surface area contributed by atoms with Crippen LogP contribution in [0.1, 0.15) is 29.9 Å². The number of rotatable bonds is 6. The van der Waals surface area contributed by atoms with E-state index >= 15 is 0 Å². The zero-order valence-electron chi connectivity index (χ0n) is 16.4. The minimum atomic E-state index is 0.196. The molecule has 2 aromatic rings. The highest BCUT2D eigenvalue weighted by atomic mass is 16.5. The Balaban J connectivity index is 1.59. The van der Waals surface area contributed by atoms with Crippen LogP contribution in [0.2, 0.25) is 0 Å². The monoisotopic (exact) mass is 379 g/mol. The molecule has 3 atom stereocenters. The van der Waals surface area contributed by atoms with Crippen LogP contribution in [-0.2, 0) is 9.53 Å². The van der Waals surface area contributed by atoms with E-state index in [1.54, 1.807) is 7.11 Å². The van der Waals surface area contributed by atoms with Crippen molar-refractivity contribution < 1.29 is 9.53 Å². The van der Waals surface area contributed by atoms with Gasteiger partial charge in [0.05, 0.1) is 13.0 Å². The average Bonchev–Trinajstić information content (AvgIpc) is 3.17. The maximum atomic E-state index is 12.6. The highest BCUT2D eigenvalue weighted by Crippen LogP contribution is 2.37. The van der Waals surface area contributed by atoms with Crippen LogP contribution in [-0.4, -0.2) is 49.7 Å². The van der Waals surface area contributed by atoms with Gasteiger partial charge in [-0.25, -0.2) is 0 Å². The molecule has 2 aliphatic heterocycles. The standard InChI is InChI=1S/C23H29N3O2/c1-28-15-13-21(27)26-14-12-20-19(16-26)23(25-24-20)22(17-8-4-2-5-9-17)18-10-6-3-7-11-18/h2-11,19-20,22-25H,12-16H2,1H3. The Morgan fingerprint density at radius 2 is 1.71 bits per heavy atom. The van der Waals surface area contributed by atoms with Gasteiger partial charge in [0.2, 0.25) is 5.91 Å². The lowest BCUT2D eigenvalue weighted by atomic mass is 9.76. The van der Waals surface area contributed by atoms with Gasteiger partial charge in [0.1, 0.15) is 0 Å². The number of carbonyl (C=O) groups is 1. The molecule has 2 aromatic carbocycles. The van der Waals surface area contributed by atoms with E-state index in [1.165, 1.54) is 11.1 Å². The van der Waals surface area contributed by atoms with E-state index in [1.807, 2.05) is 4.90 Å². The maximum absolute atomic E-state index is 12.6. The number of hydrogen-bond acceptors (Lipinski definition) is 4. The van der Waals surface area contributed by atoms with E-state index in [9.17, 15) is 4.79 Å². The third-order valence-corrected chi connectivity index (χ3v) is 6.10.